The summed E-state index contributed by atoms with van der Waals surface area (Å²) in [6, 6.07) is -11.5. The molecule has 1 aliphatic heterocycles. The molecule has 770 valence electrons. The molecule has 0 aromatic carbocycles. The molecule has 0 aliphatic carbocycles. The average Bonchev–Trinajstić information content (AvgIpc) is 1.86. The third kappa shape index (κ3) is 142. The van der Waals surface area contributed by atoms with Crippen LogP contribution in [0.3, 0.4) is 0 Å². The number of nitrogens with two attached hydrogens (primary N) is 16. The molecular formula is C70H147N17O43. The van der Waals surface area contributed by atoms with Gasteiger partial charge in [-0.25, -0.2) is 0 Å². The topological polar surface area (TPSA) is 1240 Å². The van der Waals surface area contributed by atoms with Gasteiger partial charge in [0.25, 0.3) is 0 Å². The summed E-state index contributed by atoms with van der Waals surface area (Å²) in [6.45, 7) is 17.7. The monoisotopic (exact) mass is 1910 g/mol. The Labute approximate surface area is 746 Å². The van der Waals surface area contributed by atoms with Crippen LogP contribution in [0.2, 0.25) is 0 Å². The van der Waals surface area contributed by atoms with Crippen LogP contribution in [0.4, 0.5) is 0 Å². The van der Waals surface area contributed by atoms with Crippen LogP contribution in [-0.2, 0) is 95.9 Å². The Morgan fingerprint density at radius 1 is 0.285 bits per heavy atom. The van der Waals surface area contributed by atoms with Gasteiger partial charge < -0.3 is 215 Å². The number of aliphatic carboxylic acids is 20. The highest BCUT2D eigenvalue weighted by Gasteiger charge is 2.23. The molecule has 1 heterocycles. The second-order valence-corrected chi connectivity index (χ2v) is 27.2. The standard InChI is InChI=1S/C6H14N2O2.2C6H13NO2.4C5H9NO4.C5H9NO2.2C5H11NO2.2C4H9NO3.C3H7NO3.3C2H5NO2/c7-4-2-1-3-5(8)6(9)10;2*1-4(2)3-5(7)6(8)9;4*6-3(5(9)10)1-2-4(7)8;7-5(8)4-2-1-3-6-4;2*1-3(2)4(6)5(7)8;2*1-2(6)3(5)4(7)8;4-2(1-5)3(6)7;3*3-1-2(4)5/h5H,1-4,7-8H2,(H,9,10);2*4-5H,3,7H2,1-2H3,(H,8,9);4*3H,1-2,6H2,(H,7,8)(H,9,10);4,6H,1-3H2,(H,7,8);2*3-4H,6H2,1-2H3,(H,7,8);2*2-3,6H,5H2,1H3,(H,7,8);2,5H,1,4H2,(H,6,7);3*1,3H2,(H,4,5)/t3*5-;4*3-;3*4-;2*2-,3+;2-;;;/m0000000000110.../s1. The third-order valence-electron chi connectivity index (χ3n) is 13.3. The zero-order chi connectivity index (χ0) is 107. The summed E-state index contributed by atoms with van der Waals surface area (Å²) in [4.78, 5) is 197. The van der Waals surface area contributed by atoms with Gasteiger partial charge in [0.1, 0.15) is 78.5 Å². The average molecular weight is 1920 g/mol. The Morgan fingerprint density at radius 3 is 0.562 bits per heavy atom. The van der Waals surface area contributed by atoms with Gasteiger partial charge in [0, 0.05) is 25.7 Å². The molecule has 0 bridgehead atoms. The van der Waals surface area contributed by atoms with Gasteiger partial charge in [-0.05, 0) is 115 Å². The van der Waals surface area contributed by atoms with Crippen molar-refractivity contribution in [3.05, 3.63) is 0 Å². The van der Waals surface area contributed by atoms with Crippen molar-refractivity contribution in [1.82, 2.24) is 5.32 Å². The van der Waals surface area contributed by atoms with Crippen molar-refractivity contribution in [1.29, 1.82) is 0 Å². The largest absolute Gasteiger partial charge is 0.481 e. The predicted molar refractivity (Wildman–Crippen MR) is 455 cm³/mol. The van der Waals surface area contributed by atoms with Gasteiger partial charge in [-0.15, -0.1) is 0 Å². The Hall–Kier alpha value is -11.4. The van der Waals surface area contributed by atoms with Gasteiger partial charge in [0.15, 0.2) is 0 Å². The van der Waals surface area contributed by atoms with Crippen molar-refractivity contribution in [2.75, 3.05) is 39.3 Å². The lowest BCUT2D eigenvalue weighted by Gasteiger charge is -2.07. The lowest BCUT2D eigenvalue weighted by Crippen LogP contribution is -2.39. The molecule has 0 aromatic heterocycles. The van der Waals surface area contributed by atoms with Crippen molar-refractivity contribution < 1.29 is 213 Å². The fourth-order valence-corrected chi connectivity index (χ4v) is 5.42. The first-order valence-corrected chi connectivity index (χ1v) is 38.0. The molecule has 1 aliphatic rings. The Bertz CT molecular complexity index is 2810. The highest BCUT2D eigenvalue weighted by Crippen LogP contribution is 2.06. The van der Waals surface area contributed by atoms with Crippen LogP contribution >= 0.6 is 0 Å². The lowest BCUT2D eigenvalue weighted by molar-refractivity contribution is -0.141. The maximum atomic E-state index is 10.1. The number of carbonyl (C=O) groups is 20. The van der Waals surface area contributed by atoms with E-state index in [9.17, 15) is 95.9 Å². The number of carboxylic acid groups (broad SMARTS) is 20. The van der Waals surface area contributed by atoms with Crippen LogP contribution in [0.5, 0.6) is 0 Å². The first kappa shape index (κ1) is 153. The van der Waals surface area contributed by atoms with Gasteiger partial charge in [0.2, 0.25) is 0 Å². The van der Waals surface area contributed by atoms with Gasteiger partial charge in [-0.2, -0.15) is 0 Å². The van der Waals surface area contributed by atoms with Crippen LogP contribution < -0.4 is 97.1 Å². The smallest absolute Gasteiger partial charge is 0.323 e. The molecule has 1 rings (SSSR count). The number of rotatable bonds is 41. The van der Waals surface area contributed by atoms with Crippen LogP contribution in [-0.4, -0.2) is 367 Å². The fourth-order valence-electron chi connectivity index (χ4n) is 5.42. The molecule has 0 saturated carbocycles. The lowest BCUT2D eigenvalue weighted by atomic mass is 10.1. The quantitative estimate of drug-likeness (QED) is 0.0253. The maximum absolute atomic E-state index is 10.1. The first-order valence-electron chi connectivity index (χ1n) is 38.0. The van der Waals surface area contributed by atoms with Crippen LogP contribution in [0.25, 0.3) is 0 Å². The second kappa shape index (κ2) is 98.2. The number of aliphatic hydroxyl groups is 3. The number of nitrogens with one attached hydrogen (secondary N) is 1. The Kier molecular flexibility index (Phi) is 115. The zero-order valence-corrected chi connectivity index (χ0v) is 74.0. The van der Waals surface area contributed by atoms with Gasteiger partial charge in [0.05, 0.1) is 38.4 Å². The Balaban J connectivity index is -0.0000000838. The molecule has 1 saturated heterocycles. The van der Waals surface area contributed by atoms with E-state index in [1.54, 1.807) is 27.7 Å². The van der Waals surface area contributed by atoms with Crippen molar-refractivity contribution in [2.24, 2.45) is 115 Å². The molecule has 60 heteroatoms. The SMILES string of the molecule is CC(C)C[C@H](N)C(=O)O.CC(C)C[C@H](N)C(=O)O.CC(C)[C@H](N)C(=O)O.CC(C)[C@H](N)C(=O)O.C[C@@H](O)[C@H](N)C(=O)O.C[C@@H](O)[C@H](N)C(=O)O.NCC(=O)O.NCC(=O)O.NCC(=O)O.NCCCC[C@H](N)C(=O)O.N[C@@H](CCC(=O)O)C(=O)O.N[C@@H](CCC(=O)O)C(=O)O.N[C@@H](CCC(=O)O)C(=O)O.N[C@@H](CCC(=O)O)C(=O)O.N[C@@H](CO)C(=O)O.O=C(O)[C@@H]1CCCN1. The molecule has 1 fully saturated rings. The van der Waals surface area contributed by atoms with Crippen LogP contribution in [0, 0.1) is 23.7 Å². The second-order valence-electron chi connectivity index (χ2n) is 27.2. The fraction of sp³-hybridized carbons (Fsp3) is 0.714. The summed E-state index contributed by atoms with van der Waals surface area (Å²) in [5, 5.41) is 189. The normalized spacial score (nSPS) is 13.9. The van der Waals surface area contributed by atoms with E-state index < -0.39 is 211 Å². The van der Waals surface area contributed by atoms with Crippen LogP contribution in [0.1, 0.15) is 166 Å². The van der Waals surface area contributed by atoms with Crippen molar-refractivity contribution >= 4 is 119 Å². The maximum Gasteiger partial charge on any atom is 0.323 e. The van der Waals surface area contributed by atoms with Gasteiger partial charge in [-0.1, -0.05) is 61.8 Å². The summed E-state index contributed by atoms with van der Waals surface area (Å²) in [5.41, 5.74) is 79.5. The van der Waals surface area contributed by atoms with Crippen molar-refractivity contribution in [3.8, 4) is 0 Å². The predicted octanol–water partition coefficient (Wildman–Crippen LogP) is -9.56. The molecule has 0 amide bonds. The summed E-state index contributed by atoms with van der Waals surface area (Å²) >= 11 is 0. The molecule has 0 unspecified atom stereocenters. The summed E-state index contributed by atoms with van der Waals surface area (Å²) < 4.78 is 0. The van der Waals surface area contributed by atoms with Gasteiger partial charge in [-0.3, -0.25) is 95.9 Å². The molecule has 15 atom stereocenters. The number of aliphatic hydroxyl groups excluding tert-OH is 3. The molecule has 130 heavy (non-hydrogen) atoms. The number of hydrogen-bond donors (Lipinski definition) is 40. The highest BCUT2D eigenvalue weighted by molar-refractivity contribution is 5.79. The molecule has 0 spiro atoms. The van der Waals surface area contributed by atoms with Gasteiger partial charge >= 0.3 is 119 Å². The van der Waals surface area contributed by atoms with E-state index >= 15 is 0 Å². The van der Waals surface area contributed by atoms with E-state index in [0.29, 0.717) is 37.6 Å². The van der Waals surface area contributed by atoms with E-state index in [1.807, 2.05) is 27.7 Å². The molecule has 0 aromatic rings. The summed E-state index contributed by atoms with van der Waals surface area (Å²) in [7, 11) is 0. The number of carboxylic acids is 20. The zero-order valence-electron chi connectivity index (χ0n) is 74.0. The summed E-state index contributed by atoms with van der Waals surface area (Å²) in [5.74, 6) is -19.8. The summed E-state index contributed by atoms with van der Waals surface area (Å²) in [6.07, 6.45) is 2.20. The highest BCUT2D eigenvalue weighted by atomic mass is 16.4. The minimum Gasteiger partial charge on any atom is -0.481 e. The molecule has 60 nitrogen and oxygen atoms in total. The molecule has 56 N–H and O–H groups in total. The van der Waals surface area contributed by atoms with E-state index in [0.717, 1.165) is 32.2 Å². The minimum absolute atomic E-state index is 0.0208. The minimum atomic E-state index is -1.18. The van der Waals surface area contributed by atoms with Crippen LogP contribution in [0.15, 0.2) is 0 Å². The van der Waals surface area contributed by atoms with E-state index in [1.165, 1.54) is 13.8 Å². The Morgan fingerprint density at radius 2 is 0.485 bits per heavy atom. The van der Waals surface area contributed by atoms with Crippen molar-refractivity contribution in [2.45, 2.75) is 256 Å². The third-order valence-corrected chi connectivity index (χ3v) is 13.3. The molecular weight excluding hydrogens is 1770 g/mol. The van der Waals surface area contributed by atoms with E-state index in [4.69, 9.17) is 192 Å². The number of unbranched alkanes of at least 4 members (excludes halogenated alkanes) is 1. The van der Waals surface area contributed by atoms with Crippen molar-refractivity contribution in [3.63, 3.8) is 0 Å². The molecule has 0 radical (unpaired) electrons. The van der Waals surface area contributed by atoms with E-state index in [2.05, 4.69) is 22.5 Å². The van der Waals surface area contributed by atoms with E-state index in [-0.39, 0.29) is 88.9 Å². The first-order chi connectivity index (χ1) is 58.9. The number of hydrogen-bond acceptors (Lipinski definition) is 40.